The van der Waals surface area contributed by atoms with Crippen LogP contribution in [0.2, 0.25) is 0 Å². The summed E-state index contributed by atoms with van der Waals surface area (Å²) in [4.78, 5) is 12.9. The third kappa shape index (κ3) is 3.62. The fourth-order valence-corrected chi connectivity index (χ4v) is 3.60. The molecule has 130 valence electrons. The van der Waals surface area contributed by atoms with E-state index in [2.05, 4.69) is 19.2 Å². The van der Waals surface area contributed by atoms with Crippen LogP contribution >= 0.6 is 0 Å². The van der Waals surface area contributed by atoms with Crippen LogP contribution in [0.1, 0.15) is 37.2 Å². The fraction of sp³-hybridized carbons (Fsp3) is 0.526. The molecule has 0 radical (unpaired) electrons. The van der Waals surface area contributed by atoms with Crippen LogP contribution in [0.5, 0.6) is 0 Å². The number of benzene rings is 1. The number of hydrogen-bond donors (Lipinski definition) is 1. The molecular weight excluding hydrogens is 304 g/mol. The number of hydrogen-bond acceptors (Lipinski definition) is 3. The van der Waals surface area contributed by atoms with Crippen LogP contribution < -0.4 is 5.32 Å². The average Bonchev–Trinajstić information content (AvgIpc) is 2.90. The van der Waals surface area contributed by atoms with Crippen molar-refractivity contribution in [2.24, 2.45) is 0 Å². The minimum absolute atomic E-state index is 0.0198. The molecule has 0 aliphatic carbocycles. The van der Waals surface area contributed by atoms with Crippen LogP contribution in [-0.2, 0) is 16.0 Å². The van der Waals surface area contributed by atoms with Gasteiger partial charge in [0.05, 0.1) is 18.8 Å². The van der Waals surface area contributed by atoms with Crippen molar-refractivity contribution in [3.8, 4) is 0 Å². The van der Waals surface area contributed by atoms with Gasteiger partial charge in [-0.15, -0.1) is 0 Å². The number of carbonyl (C=O) groups is 1. The summed E-state index contributed by atoms with van der Waals surface area (Å²) >= 11 is 0. The number of nitrogens with one attached hydrogen (secondary N) is 1. The monoisotopic (exact) mass is 330 g/mol. The molecule has 2 aromatic rings. The molecule has 1 fully saturated rings. The van der Waals surface area contributed by atoms with E-state index in [0.29, 0.717) is 18.8 Å². The summed E-state index contributed by atoms with van der Waals surface area (Å²) in [6, 6.07) is 10.2. The highest BCUT2D eigenvalue weighted by Gasteiger charge is 2.27. The number of fused-ring (bicyclic) bond motifs is 1. The molecule has 1 amide bonds. The van der Waals surface area contributed by atoms with Gasteiger partial charge < -0.3 is 19.4 Å². The van der Waals surface area contributed by atoms with Crippen LogP contribution in [-0.4, -0.2) is 42.4 Å². The van der Waals surface area contributed by atoms with Crippen molar-refractivity contribution < 1.29 is 14.3 Å². The summed E-state index contributed by atoms with van der Waals surface area (Å²) < 4.78 is 13.0. The Kier molecular flexibility index (Phi) is 5.21. The largest absolute Gasteiger partial charge is 0.383 e. The summed E-state index contributed by atoms with van der Waals surface area (Å²) in [5.74, 6) is -0.0198. The smallest absolute Gasteiger partial charge is 0.268 e. The predicted molar refractivity (Wildman–Crippen MR) is 94.3 cm³/mol. The molecule has 0 saturated carbocycles. The highest BCUT2D eigenvalue weighted by atomic mass is 16.5. The van der Waals surface area contributed by atoms with Gasteiger partial charge in [-0.2, -0.15) is 0 Å². The fourth-order valence-electron chi connectivity index (χ4n) is 3.60. The van der Waals surface area contributed by atoms with E-state index in [1.54, 1.807) is 7.11 Å². The molecule has 0 spiro atoms. The van der Waals surface area contributed by atoms with Gasteiger partial charge in [0, 0.05) is 30.6 Å². The molecule has 3 rings (SSSR count). The number of nitrogens with zero attached hydrogens (tertiary/aromatic N) is 1. The number of para-hydroxylation sites is 1. The molecule has 1 N–H and O–H groups in total. The molecule has 5 nitrogen and oxygen atoms in total. The Morgan fingerprint density at radius 1 is 1.29 bits per heavy atom. The second-order valence-corrected chi connectivity index (χ2v) is 6.63. The summed E-state index contributed by atoms with van der Waals surface area (Å²) in [5, 5.41) is 4.27. The number of amides is 1. The maximum absolute atomic E-state index is 12.9. The van der Waals surface area contributed by atoms with E-state index < -0.39 is 0 Å². The maximum atomic E-state index is 12.9. The van der Waals surface area contributed by atoms with Gasteiger partial charge in [-0.05, 0) is 38.8 Å². The third-order valence-electron chi connectivity index (χ3n) is 4.59. The van der Waals surface area contributed by atoms with E-state index in [0.717, 1.165) is 23.7 Å². The van der Waals surface area contributed by atoms with Crippen LogP contribution in [0, 0.1) is 0 Å². The zero-order chi connectivity index (χ0) is 17.1. The molecule has 24 heavy (non-hydrogen) atoms. The van der Waals surface area contributed by atoms with Gasteiger partial charge in [-0.3, -0.25) is 4.79 Å². The van der Waals surface area contributed by atoms with Gasteiger partial charge in [0.25, 0.3) is 5.91 Å². The summed E-state index contributed by atoms with van der Waals surface area (Å²) in [5.41, 5.74) is 1.76. The number of methoxy groups -OCH3 is 1. The normalized spacial score (nSPS) is 24.2. The lowest BCUT2D eigenvalue weighted by Crippen LogP contribution is -2.44. The minimum atomic E-state index is -0.0198. The first kappa shape index (κ1) is 17.0. The van der Waals surface area contributed by atoms with Crippen molar-refractivity contribution >= 4 is 16.8 Å². The molecule has 1 saturated heterocycles. The van der Waals surface area contributed by atoms with Crippen molar-refractivity contribution in [1.29, 1.82) is 0 Å². The van der Waals surface area contributed by atoms with Crippen molar-refractivity contribution in [1.82, 2.24) is 9.88 Å². The number of ether oxygens (including phenoxy) is 2. The van der Waals surface area contributed by atoms with Gasteiger partial charge in [0.15, 0.2) is 0 Å². The van der Waals surface area contributed by atoms with Crippen molar-refractivity contribution in [3.05, 3.63) is 36.0 Å². The van der Waals surface area contributed by atoms with Crippen molar-refractivity contribution in [3.63, 3.8) is 0 Å². The standard InChI is InChI=1S/C19H26N2O3/c1-13-10-16(11-14(2)24-13)20-19(22)18-12-15-6-4-5-7-17(15)21(18)8-9-23-3/h4-7,12-14,16H,8-11H2,1-3H3,(H,20,22). The lowest BCUT2D eigenvalue weighted by Gasteiger charge is -2.32. The molecule has 2 atom stereocenters. The summed E-state index contributed by atoms with van der Waals surface area (Å²) in [6.45, 7) is 5.35. The molecule has 1 aromatic carbocycles. The van der Waals surface area contributed by atoms with Gasteiger partial charge in [-0.25, -0.2) is 0 Å². The number of aromatic nitrogens is 1. The highest BCUT2D eigenvalue weighted by molar-refractivity contribution is 5.98. The van der Waals surface area contributed by atoms with E-state index in [1.165, 1.54) is 0 Å². The summed E-state index contributed by atoms with van der Waals surface area (Å²) in [7, 11) is 1.68. The van der Waals surface area contributed by atoms with E-state index >= 15 is 0 Å². The van der Waals surface area contributed by atoms with Crippen LogP contribution in [0.25, 0.3) is 10.9 Å². The molecule has 5 heteroatoms. The van der Waals surface area contributed by atoms with Gasteiger partial charge in [0.2, 0.25) is 0 Å². The lowest BCUT2D eigenvalue weighted by molar-refractivity contribution is -0.0408. The molecule has 2 heterocycles. The Labute approximate surface area is 142 Å². The minimum Gasteiger partial charge on any atom is -0.383 e. The first-order valence-corrected chi connectivity index (χ1v) is 8.62. The van der Waals surface area contributed by atoms with E-state index in [4.69, 9.17) is 9.47 Å². The maximum Gasteiger partial charge on any atom is 0.268 e. The lowest BCUT2D eigenvalue weighted by atomic mass is 10.00. The zero-order valence-corrected chi connectivity index (χ0v) is 14.6. The topological polar surface area (TPSA) is 52.5 Å². The summed E-state index contributed by atoms with van der Waals surface area (Å²) in [6.07, 6.45) is 2.07. The first-order chi connectivity index (χ1) is 11.6. The Morgan fingerprint density at radius 2 is 2.00 bits per heavy atom. The third-order valence-corrected chi connectivity index (χ3v) is 4.59. The predicted octanol–water partition coefficient (Wildman–Crippen LogP) is 2.97. The number of rotatable bonds is 5. The molecular formula is C19H26N2O3. The second kappa shape index (κ2) is 7.36. The number of carbonyl (C=O) groups excluding carboxylic acids is 1. The first-order valence-electron chi connectivity index (χ1n) is 8.62. The van der Waals surface area contributed by atoms with E-state index in [9.17, 15) is 4.79 Å². The van der Waals surface area contributed by atoms with Crippen LogP contribution in [0.3, 0.4) is 0 Å². The molecule has 1 aliphatic heterocycles. The van der Waals surface area contributed by atoms with Gasteiger partial charge in [-0.1, -0.05) is 18.2 Å². The van der Waals surface area contributed by atoms with Crippen LogP contribution in [0.15, 0.2) is 30.3 Å². The average molecular weight is 330 g/mol. The zero-order valence-electron chi connectivity index (χ0n) is 14.6. The molecule has 1 aliphatic rings. The Hall–Kier alpha value is -1.85. The Morgan fingerprint density at radius 3 is 2.71 bits per heavy atom. The molecule has 1 aromatic heterocycles. The second-order valence-electron chi connectivity index (χ2n) is 6.63. The quantitative estimate of drug-likeness (QED) is 0.917. The van der Waals surface area contributed by atoms with Gasteiger partial charge in [0.1, 0.15) is 5.69 Å². The molecule has 2 unspecified atom stereocenters. The van der Waals surface area contributed by atoms with E-state index in [1.807, 2.05) is 34.9 Å². The molecule has 0 bridgehead atoms. The Balaban J connectivity index is 1.83. The van der Waals surface area contributed by atoms with Crippen molar-refractivity contribution in [2.75, 3.05) is 13.7 Å². The van der Waals surface area contributed by atoms with Crippen LogP contribution in [0.4, 0.5) is 0 Å². The van der Waals surface area contributed by atoms with E-state index in [-0.39, 0.29) is 24.2 Å². The SMILES string of the molecule is COCCn1c(C(=O)NC2CC(C)OC(C)C2)cc2ccccc21. The van der Waals surface area contributed by atoms with Gasteiger partial charge >= 0.3 is 0 Å². The van der Waals surface area contributed by atoms with Crippen molar-refractivity contribution in [2.45, 2.75) is 51.5 Å². The highest BCUT2D eigenvalue weighted by Crippen LogP contribution is 2.22. The Bertz CT molecular complexity index is 700.